The topological polar surface area (TPSA) is 53.4 Å². The molecule has 13 heavy (non-hydrogen) atoms. The van der Waals surface area contributed by atoms with Crippen LogP contribution in [0, 0.1) is 0 Å². The second kappa shape index (κ2) is 4.91. The number of hydrogen-bond donors (Lipinski definition) is 2. The fourth-order valence-corrected chi connectivity index (χ4v) is 1.56. The summed E-state index contributed by atoms with van der Waals surface area (Å²) >= 11 is 8.57. The van der Waals surface area contributed by atoms with Crippen LogP contribution in [0.3, 0.4) is 0 Å². The molecule has 0 saturated carbocycles. The zero-order valence-electron chi connectivity index (χ0n) is 6.69. The van der Waals surface area contributed by atoms with E-state index in [1.165, 1.54) is 0 Å². The molecular formula is C8H9BrClNO2. The molecule has 1 heterocycles. The van der Waals surface area contributed by atoms with Crippen molar-refractivity contribution in [1.29, 1.82) is 0 Å². The number of nitrogens with zero attached hydrogens (tertiary/aromatic N) is 1. The second-order valence-corrected chi connectivity index (χ2v) is 3.61. The van der Waals surface area contributed by atoms with E-state index in [1.807, 2.05) is 0 Å². The van der Waals surface area contributed by atoms with Crippen LogP contribution in [-0.4, -0.2) is 27.2 Å². The van der Waals surface area contributed by atoms with Gasteiger partial charge in [-0.2, -0.15) is 0 Å². The largest absolute Gasteiger partial charge is 0.389 e. The molecule has 1 aromatic heterocycles. The minimum absolute atomic E-state index is 0.0114. The number of rotatable bonds is 3. The summed E-state index contributed by atoms with van der Waals surface area (Å²) in [5.41, 5.74) is 0.538. The summed E-state index contributed by atoms with van der Waals surface area (Å²) in [6.07, 6.45) is -0.379. The van der Waals surface area contributed by atoms with Gasteiger partial charge in [0.25, 0.3) is 0 Å². The molecule has 0 bridgehead atoms. The number of hydrogen-bond acceptors (Lipinski definition) is 3. The number of aromatic nitrogens is 1. The number of pyridine rings is 1. The zero-order chi connectivity index (χ0) is 9.84. The molecule has 1 aromatic rings. The number of aliphatic hydroxyl groups is 2. The lowest BCUT2D eigenvalue weighted by Gasteiger charge is -2.16. The summed E-state index contributed by atoms with van der Waals surface area (Å²) in [6, 6.07) is 3.36. The van der Waals surface area contributed by atoms with E-state index in [0.29, 0.717) is 10.2 Å². The fourth-order valence-electron chi connectivity index (χ4n) is 0.911. The highest BCUT2D eigenvalue weighted by molar-refractivity contribution is 9.10. The lowest BCUT2D eigenvalue weighted by Crippen LogP contribution is -2.20. The van der Waals surface area contributed by atoms with Gasteiger partial charge in [0.15, 0.2) is 0 Å². The van der Waals surface area contributed by atoms with Gasteiger partial charge in [-0.05, 0) is 22.0 Å². The van der Waals surface area contributed by atoms with Crippen LogP contribution in [0.25, 0.3) is 0 Å². The normalized spacial score (nSPS) is 15.4. The molecule has 0 aromatic carbocycles. The molecule has 0 amide bonds. The van der Waals surface area contributed by atoms with Crippen molar-refractivity contribution >= 4 is 27.5 Å². The maximum absolute atomic E-state index is 9.57. The summed E-state index contributed by atoms with van der Waals surface area (Å²) in [5, 5.41) is 18.8. The van der Waals surface area contributed by atoms with Crippen molar-refractivity contribution in [2.45, 2.75) is 12.2 Å². The van der Waals surface area contributed by atoms with Gasteiger partial charge in [0.1, 0.15) is 10.7 Å². The smallest absolute Gasteiger partial charge is 0.111 e. The van der Waals surface area contributed by atoms with Gasteiger partial charge in [0.2, 0.25) is 0 Å². The van der Waals surface area contributed by atoms with Crippen LogP contribution in [0.5, 0.6) is 0 Å². The van der Waals surface area contributed by atoms with Gasteiger partial charge in [-0.15, -0.1) is 11.6 Å². The van der Waals surface area contributed by atoms with Crippen molar-refractivity contribution in [3.63, 3.8) is 0 Å². The van der Waals surface area contributed by atoms with Gasteiger partial charge in [0.05, 0.1) is 12.0 Å². The molecule has 3 nitrogen and oxygen atoms in total. The van der Waals surface area contributed by atoms with Crippen molar-refractivity contribution in [2.24, 2.45) is 0 Å². The first-order chi connectivity index (χ1) is 6.16. The average Bonchev–Trinajstić information content (AvgIpc) is 2.16. The summed E-state index contributed by atoms with van der Waals surface area (Å²) in [7, 11) is 0. The van der Waals surface area contributed by atoms with E-state index in [0.717, 1.165) is 0 Å². The van der Waals surface area contributed by atoms with Crippen LogP contribution in [0.2, 0.25) is 0 Å². The molecular weight excluding hydrogens is 257 g/mol. The van der Waals surface area contributed by atoms with Gasteiger partial charge >= 0.3 is 0 Å². The van der Waals surface area contributed by atoms with E-state index in [-0.39, 0.29) is 5.88 Å². The van der Waals surface area contributed by atoms with E-state index in [9.17, 15) is 10.2 Å². The predicted molar refractivity (Wildman–Crippen MR) is 53.6 cm³/mol. The van der Waals surface area contributed by atoms with Crippen LogP contribution in [0.4, 0.5) is 0 Å². The molecule has 0 aliphatic carbocycles. The Morgan fingerprint density at radius 1 is 1.54 bits per heavy atom. The predicted octanol–water partition coefficient (Wildman–Crippen LogP) is 1.48. The minimum Gasteiger partial charge on any atom is -0.389 e. The lowest BCUT2D eigenvalue weighted by molar-refractivity contribution is 0.0320. The Bertz CT molecular complexity index is 285. The van der Waals surface area contributed by atoms with Gasteiger partial charge in [-0.3, -0.25) is 0 Å². The van der Waals surface area contributed by atoms with Crippen LogP contribution < -0.4 is 0 Å². The number of halogens is 2. The molecule has 1 rings (SSSR count). The number of alkyl halides is 1. The maximum atomic E-state index is 9.57. The van der Waals surface area contributed by atoms with Crippen LogP contribution in [-0.2, 0) is 0 Å². The Balaban J connectivity index is 2.88. The molecule has 0 aliphatic rings. The second-order valence-electron chi connectivity index (χ2n) is 2.55. The molecule has 2 N–H and O–H groups in total. The van der Waals surface area contributed by atoms with Crippen molar-refractivity contribution in [3.8, 4) is 0 Å². The Morgan fingerprint density at radius 3 is 2.77 bits per heavy atom. The van der Waals surface area contributed by atoms with Crippen molar-refractivity contribution in [1.82, 2.24) is 4.98 Å². The Labute approximate surface area is 89.5 Å². The molecule has 0 spiro atoms. The summed E-state index contributed by atoms with van der Waals surface area (Å²) in [4.78, 5) is 3.92. The Morgan fingerprint density at radius 2 is 2.23 bits per heavy atom. The first-order valence-corrected chi connectivity index (χ1v) is 5.02. The highest BCUT2D eigenvalue weighted by atomic mass is 79.9. The van der Waals surface area contributed by atoms with E-state index in [1.54, 1.807) is 18.3 Å². The van der Waals surface area contributed by atoms with Crippen molar-refractivity contribution in [3.05, 3.63) is 28.5 Å². The van der Waals surface area contributed by atoms with Crippen molar-refractivity contribution < 1.29 is 10.2 Å². The van der Waals surface area contributed by atoms with Crippen LogP contribution in [0.15, 0.2) is 22.9 Å². The molecule has 0 fully saturated rings. The van der Waals surface area contributed by atoms with E-state index in [4.69, 9.17) is 11.6 Å². The van der Waals surface area contributed by atoms with Crippen molar-refractivity contribution in [2.75, 3.05) is 5.88 Å². The highest BCUT2D eigenvalue weighted by Gasteiger charge is 2.19. The summed E-state index contributed by atoms with van der Waals surface area (Å²) in [6.45, 7) is 0. The summed E-state index contributed by atoms with van der Waals surface area (Å²) in [5.74, 6) is -0.0114. The molecule has 2 atom stereocenters. The lowest BCUT2D eigenvalue weighted by atomic mass is 10.1. The quantitative estimate of drug-likeness (QED) is 0.643. The highest BCUT2D eigenvalue weighted by Crippen LogP contribution is 2.23. The van der Waals surface area contributed by atoms with Gasteiger partial charge in [-0.25, -0.2) is 4.98 Å². The first-order valence-electron chi connectivity index (χ1n) is 3.69. The first kappa shape index (κ1) is 10.9. The minimum atomic E-state index is -0.999. The monoisotopic (exact) mass is 265 g/mol. The third-order valence-electron chi connectivity index (χ3n) is 1.63. The molecule has 5 heteroatoms. The third kappa shape index (κ3) is 2.64. The molecule has 0 radical (unpaired) electrons. The fraction of sp³-hybridized carbons (Fsp3) is 0.375. The maximum Gasteiger partial charge on any atom is 0.111 e. The van der Waals surface area contributed by atoms with Gasteiger partial charge in [0, 0.05) is 11.8 Å². The number of aliphatic hydroxyl groups excluding tert-OH is 2. The Kier molecular flexibility index (Phi) is 4.12. The molecule has 2 unspecified atom stereocenters. The summed E-state index contributed by atoms with van der Waals surface area (Å²) < 4.78 is 0.520. The van der Waals surface area contributed by atoms with E-state index >= 15 is 0 Å². The SMILES string of the molecule is OC(CCl)C(O)c1cccnc1Br. The van der Waals surface area contributed by atoms with Gasteiger partial charge in [-0.1, -0.05) is 6.07 Å². The Hall–Kier alpha value is -0.160. The zero-order valence-corrected chi connectivity index (χ0v) is 9.03. The van der Waals surface area contributed by atoms with E-state index in [2.05, 4.69) is 20.9 Å². The standard InChI is InChI=1S/C8H9BrClNO2/c9-8-5(2-1-3-11-8)7(13)6(12)4-10/h1-3,6-7,12-13H,4H2. The van der Waals surface area contributed by atoms with Crippen LogP contribution in [0.1, 0.15) is 11.7 Å². The third-order valence-corrected chi connectivity index (χ3v) is 2.61. The molecule has 0 aliphatic heterocycles. The average molecular weight is 267 g/mol. The van der Waals surface area contributed by atoms with Gasteiger partial charge < -0.3 is 10.2 Å². The van der Waals surface area contributed by atoms with E-state index < -0.39 is 12.2 Å². The van der Waals surface area contributed by atoms with Crippen LogP contribution >= 0.6 is 27.5 Å². The molecule has 0 saturated heterocycles. The molecule has 72 valence electrons.